The molecule has 1 aliphatic rings. The Balaban J connectivity index is 2.21. The molecule has 1 aromatic carbocycles. The van der Waals surface area contributed by atoms with Gasteiger partial charge in [-0.3, -0.25) is 0 Å². The zero-order valence-electron chi connectivity index (χ0n) is 11.3. The molecule has 0 amide bonds. The Bertz CT molecular complexity index is 403. The van der Waals surface area contributed by atoms with Gasteiger partial charge in [0.1, 0.15) is 5.82 Å². The average Bonchev–Trinajstić information content (AvgIpc) is 2.81. The molecule has 0 aromatic heterocycles. The SMILES string of the molecule is CC(C)C1CCN(c2cccc(F)c2CCN)C1. The molecule has 1 fully saturated rings. The van der Waals surface area contributed by atoms with Crippen molar-refractivity contribution in [3.05, 3.63) is 29.6 Å². The fourth-order valence-electron chi connectivity index (χ4n) is 2.79. The number of hydrogen-bond acceptors (Lipinski definition) is 2. The largest absolute Gasteiger partial charge is 0.371 e. The molecule has 1 aliphatic heterocycles. The standard InChI is InChI=1S/C15H23FN2/c1-11(2)12-7-9-18(10-12)15-5-3-4-14(16)13(15)6-8-17/h3-5,11-12H,6-10,17H2,1-2H3. The maximum absolute atomic E-state index is 13.9. The lowest BCUT2D eigenvalue weighted by Crippen LogP contribution is -2.23. The minimum atomic E-state index is -0.119. The van der Waals surface area contributed by atoms with Gasteiger partial charge in [0.25, 0.3) is 0 Å². The van der Waals surface area contributed by atoms with Crippen LogP contribution in [0.3, 0.4) is 0 Å². The summed E-state index contributed by atoms with van der Waals surface area (Å²) in [5.41, 5.74) is 7.41. The van der Waals surface area contributed by atoms with Gasteiger partial charge in [0, 0.05) is 24.3 Å². The quantitative estimate of drug-likeness (QED) is 0.890. The van der Waals surface area contributed by atoms with Crippen molar-refractivity contribution in [3.63, 3.8) is 0 Å². The molecule has 18 heavy (non-hydrogen) atoms. The summed E-state index contributed by atoms with van der Waals surface area (Å²) < 4.78 is 13.9. The van der Waals surface area contributed by atoms with Gasteiger partial charge in [0.15, 0.2) is 0 Å². The predicted molar refractivity (Wildman–Crippen MR) is 74.3 cm³/mol. The van der Waals surface area contributed by atoms with Gasteiger partial charge < -0.3 is 10.6 Å². The topological polar surface area (TPSA) is 29.3 Å². The third-order valence-electron chi connectivity index (χ3n) is 4.00. The highest BCUT2D eigenvalue weighted by molar-refractivity contribution is 5.55. The lowest BCUT2D eigenvalue weighted by Gasteiger charge is -2.23. The average molecular weight is 250 g/mol. The molecular weight excluding hydrogens is 227 g/mol. The van der Waals surface area contributed by atoms with E-state index >= 15 is 0 Å². The zero-order valence-corrected chi connectivity index (χ0v) is 11.3. The Morgan fingerprint density at radius 1 is 1.44 bits per heavy atom. The molecule has 0 aliphatic carbocycles. The molecule has 0 bridgehead atoms. The van der Waals surface area contributed by atoms with Gasteiger partial charge in [-0.05, 0) is 43.4 Å². The molecule has 1 unspecified atom stereocenters. The molecule has 2 N–H and O–H groups in total. The van der Waals surface area contributed by atoms with Crippen LogP contribution in [0.4, 0.5) is 10.1 Å². The minimum Gasteiger partial charge on any atom is -0.371 e. The first kappa shape index (κ1) is 13.3. The first-order valence-electron chi connectivity index (χ1n) is 6.86. The zero-order chi connectivity index (χ0) is 13.1. The number of hydrogen-bond donors (Lipinski definition) is 1. The highest BCUT2D eigenvalue weighted by atomic mass is 19.1. The summed E-state index contributed by atoms with van der Waals surface area (Å²) in [5.74, 6) is 1.30. The van der Waals surface area contributed by atoms with Crippen LogP contribution in [-0.4, -0.2) is 19.6 Å². The summed E-state index contributed by atoms with van der Waals surface area (Å²) in [5, 5.41) is 0. The van der Waals surface area contributed by atoms with Crippen LogP contribution >= 0.6 is 0 Å². The summed E-state index contributed by atoms with van der Waals surface area (Å²) in [6, 6.07) is 5.36. The normalized spacial score (nSPS) is 19.8. The van der Waals surface area contributed by atoms with Crippen molar-refractivity contribution < 1.29 is 4.39 Å². The number of rotatable bonds is 4. The fourth-order valence-corrected chi connectivity index (χ4v) is 2.79. The monoisotopic (exact) mass is 250 g/mol. The van der Waals surface area contributed by atoms with Crippen LogP contribution < -0.4 is 10.6 Å². The number of benzene rings is 1. The number of halogens is 1. The van der Waals surface area contributed by atoms with Crippen LogP contribution in [0.15, 0.2) is 18.2 Å². The van der Waals surface area contributed by atoms with Crippen molar-refractivity contribution in [1.82, 2.24) is 0 Å². The molecular formula is C15H23FN2. The van der Waals surface area contributed by atoms with E-state index in [0.29, 0.717) is 18.9 Å². The Morgan fingerprint density at radius 3 is 2.83 bits per heavy atom. The second-order valence-corrected chi connectivity index (χ2v) is 5.51. The highest BCUT2D eigenvalue weighted by Crippen LogP contribution is 2.31. The molecule has 0 radical (unpaired) electrons. The molecule has 1 atom stereocenters. The van der Waals surface area contributed by atoms with Crippen LogP contribution in [0.2, 0.25) is 0 Å². The van der Waals surface area contributed by atoms with E-state index in [-0.39, 0.29) is 5.82 Å². The number of nitrogens with zero attached hydrogens (tertiary/aromatic N) is 1. The van der Waals surface area contributed by atoms with E-state index in [1.807, 2.05) is 6.07 Å². The fraction of sp³-hybridized carbons (Fsp3) is 0.600. The van der Waals surface area contributed by atoms with Gasteiger partial charge in [0.2, 0.25) is 0 Å². The summed E-state index contributed by atoms with van der Waals surface area (Å²) in [7, 11) is 0. The van der Waals surface area contributed by atoms with E-state index in [0.717, 1.165) is 30.3 Å². The molecule has 0 saturated carbocycles. The molecule has 2 rings (SSSR count). The van der Waals surface area contributed by atoms with Gasteiger partial charge in [-0.15, -0.1) is 0 Å². The third kappa shape index (κ3) is 2.66. The van der Waals surface area contributed by atoms with Crippen LogP contribution in [0.5, 0.6) is 0 Å². The maximum atomic E-state index is 13.9. The van der Waals surface area contributed by atoms with Crippen LogP contribution in [0.1, 0.15) is 25.8 Å². The van der Waals surface area contributed by atoms with Crippen molar-refractivity contribution in [1.29, 1.82) is 0 Å². The molecule has 100 valence electrons. The lowest BCUT2D eigenvalue weighted by atomic mass is 9.95. The second kappa shape index (κ2) is 5.70. The van der Waals surface area contributed by atoms with Crippen LogP contribution in [0, 0.1) is 17.7 Å². The first-order chi connectivity index (χ1) is 8.63. The van der Waals surface area contributed by atoms with Crippen molar-refractivity contribution in [2.24, 2.45) is 17.6 Å². The summed E-state index contributed by atoms with van der Waals surface area (Å²) in [6.07, 6.45) is 1.82. The van der Waals surface area contributed by atoms with Crippen molar-refractivity contribution in [2.75, 3.05) is 24.5 Å². The maximum Gasteiger partial charge on any atom is 0.128 e. The van der Waals surface area contributed by atoms with Gasteiger partial charge in [0.05, 0.1) is 0 Å². The van der Waals surface area contributed by atoms with Gasteiger partial charge in [-0.2, -0.15) is 0 Å². The van der Waals surface area contributed by atoms with E-state index < -0.39 is 0 Å². The predicted octanol–water partition coefficient (Wildman–Crippen LogP) is 2.81. The Hall–Kier alpha value is -1.09. The van der Waals surface area contributed by atoms with Crippen molar-refractivity contribution >= 4 is 5.69 Å². The summed E-state index contributed by atoms with van der Waals surface area (Å²) in [6.45, 7) is 7.10. The Kier molecular flexibility index (Phi) is 4.23. The Labute approximate surface area is 109 Å². The van der Waals surface area contributed by atoms with E-state index in [2.05, 4.69) is 18.7 Å². The van der Waals surface area contributed by atoms with E-state index in [4.69, 9.17) is 5.73 Å². The lowest BCUT2D eigenvalue weighted by molar-refractivity contribution is 0.422. The first-order valence-corrected chi connectivity index (χ1v) is 6.86. The van der Waals surface area contributed by atoms with E-state index in [1.165, 1.54) is 12.5 Å². The third-order valence-corrected chi connectivity index (χ3v) is 4.00. The molecule has 1 saturated heterocycles. The Morgan fingerprint density at radius 2 is 2.22 bits per heavy atom. The summed E-state index contributed by atoms with van der Waals surface area (Å²) >= 11 is 0. The minimum absolute atomic E-state index is 0.119. The molecule has 3 heteroatoms. The highest BCUT2D eigenvalue weighted by Gasteiger charge is 2.26. The number of nitrogens with two attached hydrogens (primary N) is 1. The van der Waals surface area contributed by atoms with E-state index in [9.17, 15) is 4.39 Å². The van der Waals surface area contributed by atoms with Crippen LogP contribution in [-0.2, 0) is 6.42 Å². The van der Waals surface area contributed by atoms with Gasteiger partial charge in [-0.25, -0.2) is 4.39 Å². The van der Waals surface area contributed by atoms with Gasteiger partial charge in [-0.1, -0.05) is 19.9 Å². The molecule has 1 aromatic rings. The van der Waals surface area contributed by atoms with Crippen molar-refractivity contribution in [2.45, 2.75) is 26.7 Å². The molecule has 2 nitrogen and oxygen atoms in total. The molecule has 1 heterocycles. The van der Waals surface area contributed by atoms with E-state index in [1.54, 1.807) is 6.07 Å². The van der Waals surface area contributed by atoms with Crippen LogP contribution in [0.25, 0.3) is 0 Å². The molecule has 0 spiro atoms. The second-order valence-electron chi connectivity index (χ2n) is 5.51. The van der Waals surface area contributed by atoms with Gasteiger partial charge >= 0.3 is 0 Å². The van der Waals surface area contributed by atoms with Crippen molar-refractivity contribution in [3.8, 4) is 0 Å². The summed E-state index contributed by atoms with van der Waals surface area (Å²) in [4.78, 5) is 2.32. The smallest absolute Gasteiger partial charge is 0.128 e. The number of anilines is 1.